The van der Waals surface area contributed by atoms with Gasteiger partial charge in [0.25, 0.3) is 0 Å². The average molecular weight is 600 g/mol. The summed E-state index contributed by atoms with van der Waals surface area (Å²) in [6, 6.07) is 0. The van der Waals surface area contributed by atoms with Crippen LogP contribution in [0.2, 0.25) is 31.4 Å². The predicted octanol–water partition coefficient (Wildman–Crippen LogP) is 10.3. The molecule has 0 aromatic carbocycles. The van der Waals surface area contributed by atoms with Crippen molar-refractivity contribution in [2.75, 3.05) is 6.61 Å². The van der Waals surface area contributed by atoms with E-state index in [0.29, 0.717) is 11.7 Å². The first-order chi connectivity index (χ1) is 16.0. The Bertz CT molecular complexity index is 578. The summed E-state index contributed by atoms with van der Waals surface area (Å²) in [5.41, 5.74) is 0. The maximum absolute atomic E-state index is 13.5. The van der Waals surface area contributed by atoms with Crippen molar-refractivity contribution in [3.63, 3.8) is 0 Å². The van der Waals surface area contributed by atoms with Crippen molar-refractivity contribution < 1.29 is 9.22 Å². The van der Waals surface area contributed by atoms with Crippen molar-refractivity contribution in [2.24, 2.45) is 5.92 Å². The van der Waals surface area contributed by atoms with E-state index in [4.69, 9.17) is 4.43 Å². The van der Waals surface area contributed by atoms with Crippen LogP contribution in [0.5, 0.6) is 0 Å². The van der Waals surface area contributed by atoms with Gasteiger partial charge in [0.1, 0.15) is 0 Å². The molecule has 0 amide bonds. The SMILES string of the molecule is CCC[CH2][Sn]([CH2]CCC)([CH2]CCC)/[C](=C/C(=O)C1CCCCC1)CCCO[Si](C)(C)C(C)(C)C. The second-order valence-corrected chi connectivity index (χ2v) is 30.9. The van der Waals surface area contributed by atoms with Gasteiger partial charge in [0, 0.05) is 0 Å². The van der Waals surface area contributed by atoms with Gasteiger partial charge in [-0.05, 0) is 0 Å². The van der Waals surface area contributed by atoms with Crippen molar-refractivity contribution in [3.05, 3.63) is 9.67 Å². The number of carbonyl (C=O) groups excluding carboxylic acids is 1. The number of carbonyl (C=O) groups is 1. The van der Waals surface area contributed by atoms with E-state index in [2.05, 4.69) is 60.7 Å². The summed E-state index contributed by atoms with van der Waals surface area (Å²) in [5, 5.41) is 0.259. The molecule has 0 aromatic rings. The average Bonchev–Trinajstić information content (AvgIpc) is 2.80. The van der Waals surface area contributed by atoms with Crippen molar-refractivity contribution in [3.8, 4) is 0 Å². The molecule has 1 aliphatic rings. The molecule has 1 aliphatic carbocycles. The van der Waals surface area contributed by atoms with Gasteiger partial charge in [-0.25, -0.2) is 0 Å². The Kier molecular flexibility index (Phi) is 15.5. The number of rotatable bonds is 17. The first kappa shape index (κ1) is 32.4. The molecule has 0 radical (unpaired) electrons. The van der Waals surface area contributed by atoms with Crippen LogP contribution < -0.4 is 0 Å². The fraction of sp³-hybridized carbons (Fsp3) is 0.900. The molecule has 0 aliphatic heterocycles. The van der Waals surface area contributed by atoms with E-state index < -0.39 is 26.7 Å². The van der Waals surface area contributed by atoms with E-state index in [1.54, 1.807) is 3.59 Å². The predicted molar refractivity (Wildman–Crippen MR) is 157 cm³/mol. The quantitative estimate of drug-likeness (QED) is 0.0945. The van der Waals surface area contributed by atoms with E-state index in [0.717, 1.165) is 32.3 Å². The number of hydrogen-bond acceptors (Lipinski definition) is 2. The van der Waals surface area contributed by atoms with Crippen LogP contribution in [0.1, 0.15) is 125 Å². The van der Waals surface area contributed by atoms with Crippen molar-refractivity contribution in [1.82, 2.24) is 0 Å². The summed E-state index contributed by atoms with van der Waals surface area (Å²) >= 11 is -2.60. The van der Waals surface area contributed by atoms with Crippen LogP contribution in [0, 0.1) is 5.92 Å². The molecule has 0 heterocycles. The van der Waals surface area contributed by atoms with Crippen LogP contribution in [0.3, 0.4) is 0 Å². The third kappa shape index (κ3) is 10.8. The minimum absolute atomic E-state index is 0.259. The Balaban J connectivity index is 3.17. The molecule has 0 unspecified atom stereocenters. The molecule has 1 fully saturated rings. The van der Waals surface area contributed by atoms with Crippen molar-refractivity contribution in [2.45, 2.75) is 156 Å². The second-order valence-electron chi connectivity index (χ2n) is 12.7. The van der Waals surface area contributed by atoms with Gasteiger partial charge >= 0.3 is 220 Å². The third-order valence-corrected chi connectivity index (χ3v) is 29.7. The molecule has 0 bridgehead atoms. The molecule has 0 atom stereocenters. The summed E-state index contributed by atoms with van der Waals surface area (Å²) in [4.78, 5) is 13.5. The Morgan fingerprint density at radius 3 is 1.82 bits per heavy atom. The summed E-state index contributed by atoms with van der Waals surface area (Å²) < 4.78 is 12.6. The van der Waals surface area contributed by atoms with E-state index >= 15 is 0 Å². The molecule has 0 spiro atoms. The van der Waals surface area contributed by atoms with Crippen LogP contribution in [0.25, 0.3) is 0 Å². The molecule has 0 aromatic heterocycles. The van der Waals surface area contributed by atoms with Crippen LogP contribution in [-0.2, 0) is 9.22 Å². The van der Waals surface area contributed by atoms with Gasteiger partial charge in [0.15, 0.2) is 0 Å². The zero-order valence-corrected chi connectivity index (χ0v) is 28.3. The molecule has 34 heavy (non-hydrogen) atoms. The molecule has 2 nitrogen and oxygen atoms in total. The normalized spacial score (nSPS) is 16.8. The van der Waals surface area contributed by atoms with Crippen molar-refractivity contribution in [1.29, 1.82) is 0 Å². The van der Waals surface area contributed by atoms with E-state index in [1.807, 2.05) is 0 Å². The van der Waals surface area contributed by atoms with E-state index in [1.165, 1.54) is 71.1 Å². The number of allylic oxidation sites excluding steroid dienone is 2. The zero-order valence-electron chi connectivity index (χ0n) is 24.5. The molecular weight excluding hydrogens is 539 g/mol. The minimum atomic E-state index is -2.60. The monoisotopic (exact) mass is 600 g/mol. The van der Waals surface area contributed by atoms with Gasteiger partial charge in [-0.2, -0.15) is 0 Å². The first-order valence-corrected chi connectivity index (χ1v) is 25.3. The molecule has 0 N–H and O–H groups in total. The Labute approximate surface area is 219 Å². The van der Waals surface area contributed by atoms with Gasteiger partial charge in [-0.1, -0.05) is 0 Å². The molecular formula is C30H60O2SiSn. The fourth-order valence-electron chi connectivity index (χ4n) is 5.38. The topological polar surface area (TPSA) is 26.3 Å². The van der Waals surface area contributed by atoms with Gasteiger partial charge in [-0.3, -0.25) is 0 Å². The molecule has 4 heteroatoms. The molecule has 0 saturated heterocycles. The van der Waals surface area contributed by atoms with Gasteiger partial charge in [0.2, 0.25) is 0 Å². The number of hydrogen-bond donors (Lipinski definition) is 0. The Morgan fingerprint density at radius 2 is 1.38 bits per heavy atom. The van der Waals surface area contributed by atoms with Crippen LogP contribution in [0.4, 0.5) is 0 Å². The molecule has 1 saturated carbocycles. The summed E-state index contributed by atoms with van der Waals surface area (Å²) in [7, 11) is -1.71. The standard InChI is InChI=1S/C18H33O2Si.3C4H9.Sn/c1-18(2,3)21(4,5)20-15-11-7-10-14-17(19)16-12-8-6-9-13-16;3*1-3-4-2;/h14,16H,6-9,11-13,15H2,1-5H3;3*1,3-4H2,2H3;. The van der Waals surface area contributed by atoms with Crippen LogP contribution in [0.15, 0.2) is 9.67 Å². The number of unbranched alkanes of at least 4 members (excludes halogenated alkanes) is 3. The maximum atomic E-state index is 13.5. The second kappa shape index (κ2) is 16.3. The summed E-state index contributed by atoms with van der Waals surface area (Å²) in [5.74, 6) is 0.797. The van der Waals surface area contributed by atoms with Gasteiger partial charge in [0.05, 0.1) is 0 Å². The molecule has 200 valence electrons. The van der Waals surface area contributed by atoms with E-state index in [-0.39, 0.29) is 5.04 Å². The summed E-state index contributed by atoms with van der Waals surface area (Å²) in [6.45, 7) is 19.6. The van der Waals surface area contributed by atoms with Crippen LogP contribution in [-0.4, -0.2) is 39.1 Å². The zero-order chi connectivity index (χ0) is 25.7. The van der Waals surface area contributed by atoms with E-state index in [9.17, 15) is 4.79 Å². The first-order valence-electron chi connectivity index (χ1n) is 14.9. The Hall–Kier alpha value is 0.386. The molecule has 1 rings (SSSR count). The van der Waals surface area contributed by atoms with Crippen molar-refractivity contribution >= 4 is 32.5 Å². The van der Waals surface area contributed by atoms with Crippen LogP contribution >= 0.6 is 0 Å². The number of ketones is 1. The fourth-order valence-corrected chi connectivity index (χ4v) is 23.5. The van der Waals surface area contributed by atoms with Gasteiger partial charge in [-0.15, -0.1) is 0 Å². The van der Waals surface area contributed by atoms with Gasteiger partial charge < -0.3 is 0 Å². The summed E-state index contributed by atoms with van der Waals surface area (Å²) in [6.07, 6.45) is 18.5. The Morgan fingerprint density at radius 1 is 0.882 bits per heavy atom. The third-order valence-electron chi connectivity index (χ3n) is 8.89.